The number of nitrogens with one attached hydrogen (secondary N) is 1. The number of carbonyl (C=O) groups excluding carboxylic acids is 2. The van der Waals surface area contributed by atoms with Crippen LogP contribution in [-0.4, -0.2) is 35.2 Å². The second-order valence-corrected chi connectivity index (χ2v) is 8.58. The molecule has 1 aliphatic heterocycles. The third-order valence-electron chi connectivity index (χ3n) is 5.03. The summed E-state index contributed by atoms with van der Waals surface area (Å²) in [4.78, 5) is 27.0. The summed E-state index contributed by atoms with van der Waals surface area (Å²) in [6.07, 6.45) is 0.335. The van der Waals surface area contributed by atoms with Crippen molar-refractivity contribution >= 4 is 45.6 Å². The van der Waals surface area contributed by atoms with Crippen molar-refractivity contribution in [2.45, 2.75) is 26.2 Å². The van der Waals surface area contributed by atoms with E-state index in [9.17, 15) is 9.59 Å². The molecule has 0 saturated carbocycles. The summed E-state index contributed by atoms with van der Waals surface area (Å²) in [5.41, 5.74) is 2.16. The molecule has 2 aromatic carbocycles. The van der Waals surface area contributed by atoms with Gasteiger partial charge in [-0.15, -0.1) is 10.2 Å². The highest BCUT2D eigenvalue weighted by Crippen LogP contribution is 2.35. The van der Waals surface area contributed by atoms with Gasteiger partial charge in [0.05, 0.1) is 12.2 Å². The predicted molar refractivity (Wildman–Crippen MR) is 121 cm³/mol. The Balaban J connectivity index is 1.46. The third kappa shape index (κ3) is 4.55. The first kappa shape index (κ1) is 21.3. The molecule has 1 atom stereocenters. The van der Waals surface area contributed by atoms with Gasteiger partial charge in [-0.05, 0) is 43.7 Å². The molecule has 3 aromatic rings. The van der Waals surface area contributed by atoms with E-state index in [1.54, 1.807) is 29.2 Å². The number of aryl methyl sites for hydroxylation is 1. The summed E-state index contributed by atoms with van der Waals surface area (Å²) < 4.78 is 5.52. The first-order chi connectivity index (χ1) is 15.0. The lowest BCUT2D eigenvalue weighted by Gasteiger charge is -2.17. The lowest BCUT2D eigenvalue weighted by molar-refractivity contribution is -0.117. The van der Waals surface area contributed by atoms with Gasteiger partial charge < -0.3 is 9.64 Å². The standard InChI is InChI=1S/C22H21ClN4O3S/c1-3-30-18-7-5-4-6-16(18)20(29)24-22-26-25-21(31-22)14-10-19(28)27(12-14)15-9-8-13(2)17(23)11-15/h4-9,11,14H,3,10,12H2,1-2H3,(H,24,26,29)/t14-/m1/s1. The number of hydrogen-bond donors (Lipinski definition) is 1. The summed E-state index contributed by atoms with van der Waals surface area (Å²) in [7, 11) is 0. The van der Waals surface area contributed by atoms with Crippen LogP contribution in [-0.2, 0) is 4.79 Å². The molecule has 0 unspecified atom stereocenters. The van der Waals surface area contributed by atoms with Crippen LogP contribution >= 0.6 is 22.9 Å². The van der Waals surface area contributed by atoms with Gasteiger partial charge in [-0.25, -0.2) is 0 Å². The van der Waals surface area contributed by atoms with Crippen molar-refractivity contribution in [2.75, 3.05) is 23.4 Å². The zero-order valence-electron chi connectivity index (χ0n) is 17.1. The second-order valence-electron chi connectivity index (χ2n) is 7.17. The van der Waals surface area contributed by atoms with Crippen LogP contribution in [0.15, 0.2) is 42.5 Å². The van der Waals surface area contributed by atoms with Crippen molar-refractivity contribution in [1.29, 1.82) is 0 Å². The van der Waals surface area contributed by atoms with Crippen molar-refractivity contribution < 1.29 is 14.3 Å². The van der Waals surface area contributed by atoms with Crippen molar-refractivity contribution in [3.8, 4) is 5.75 Å². The number of hydrogen-bond acceptors (Lipinski definition) is 6. The first-order valence-corrected chi connectivity index (χ1v) is 11.1. The maximum atomic E-state index is 12.7. The fourth-order valence-electron chi connectivity index (χ4n) is 3.42. The SMILES string of the molecule is CCOc1ccccc1C(=O)Nc1nnc([C@@H]2CC(=O)N(c3ccc(C)c(Cl)c3)C2)s1. The van der Waals surface area contributed by atoms with Crippen molar-refractivity contribution in [3.63, 3.8) is 0 Å². The van der Waals surface area contributed by atoms with Crippen LogP contribution in [0.5, 0.6) is 5.75 Å². The summed E-state index contributed by atoms with van der Waals surface area (Å²) in [6, 6.07) is 12.6. The van der Waals surface area contributed by atoms with E-state index in [2.05, 4.69) is 15.5 Å². The molecule has 1 fully saturated rings. The summed E-state index contributed by atoms with van der Waals surface area (Å²) in [6.45, 7) is 4.74. The molecule has 4 rings (SSSR count). The Morgan fingerprint density at radius 3 is 2.87 bits per heavy atom. The zero-order valence-corrected chi connectivity index (χ0v) is 18.7. The number of halogens is 1. The molecule has 1 saturated heterocycles. The molecule has 1 aromatic heterocycles. The minimum absolute atomic E-state index is 0.0105. The quantitative estimate of drug-likeness (QED) is 0.582. The molecule has 0 spiro atoms. The molecule has 9 heteroatoms. The van der Waals surface area contributed by atoms with Crippen molar-refractivity contribution in [1.82, 2.24) is 10.2 Å². The molecule has 2 amide bonds. The van der Waals surface area contributed by atoms with Crippen LogP contribution in [0.2, 0.25) is 5.02 Å². The fourth-order valence-corrected chi connectivity index (χ4v) is 4.43. The van der Waals surface area contributed by atoms with Gasteiger partial charge in [0.25, 0.3) is 5.91 Å². The number of carbonyl (C=O) groups is 2. The van der Waals surface area contributed by atoms with Crippen molar-refractivity contribution in [2.24, 2.45) is 0 Å². The Morgan fingerprint density at radius 2 is 2.10 bits per heavy atom. The molecule has 0 aliphatic carbocycles. The highest BCUT2D eigenvalue weighted by atomic mass is 35.5. The van der Waals surface area contributed by atoms with Gasteiger partial charge in [-0.1, -0.05) is 41.1 Å². The van der Waals surface area contributed by atoms with Crippen LogP contribution in [0.1, 0.15) is 40.2 Å². The number of para-hydroxylation sites is 1. The van der Waals surface area contributed by atoms with Gasteiger partial charge in [0.15, 0.2) is 0 Å². The van der Waals surface area contributed by atoms with E-state index < -0.39 is 0 Å². The minimum atomic E-state index is -0.315. The molecule has 31 heavy (non-hydrogen) atoms. The average Bonchev–Trinajstić information content (AvgIpc) is 3.37. The molecule has 7 nitrogen and oxygen atoms in total. The molecule has 1 aliphatic rings. The molecular formula is C22H21ClN4O3S. The fraction of sp³-hybridized carbons (Fsp3) is 0.273. The smallest absolute Gasteiger partial charge is 0.261 e. The Kier molecular flexibility index (Phi) is 6.20. The van der Waals surface area contributed by atoms with Gasteiger partial charge in [0.2, 0.25) is 11.0 Å². The summed E-state index contributed by atoms with van der Waals surface area (Å²) >= 11 is 7.50. The predicted octanol–water partition coefficient (Wildman–Crippen LogP) is 4.67. The second kappa shape index (κ2) is 9.03. The number of ether oxygens (including phenoxy) is 1. The highest BCUT2D eigenvalue weighted by Gasteiger charge is 2.34. The van der Waals surface area contributed by atoms with Crippen LogP contribution in [0.4, 0.5) is 10.8 Å². The number of amides is 2. The maximum absolute atomic E-state index is 12.7. The molecule has 2 heterocycles. The van der Waals surface area contributed by atoms with Gasteiger partial charge in [0.1, 0.15) is 10.8 Å². The van der Waals surface area contributed by atoms with Gasteiger partial charge >= 0.3 is 0 Å². The molecule has 0 bridgehead atoms. The molecule has 160 valence electrons. The van der Waals surface area contributed by atoms with E-state index in [4.69, 9.17) is 16.3 Å². The van der Waals surface area contributed by atoms with E-state index in [1.807, 2.05) is 32.0 Å². The Morgan fingerprint density at radius 1 is 1.29 bits per heavy atom. The van der Waals surface area contributed by atoms with Crippen molar-refractivity contribution in [3.05, 3.63) is 63.6 Å². The number of rotatable bonds is 6. The van der Waals surface area contributed by atoms with E-state index >= 15 is 0 Å². The zero-order chi connectivity index (χ0) is 22.0. The minimum Gasteiger partial charge on any atom is -0.493 e. The number of aromatic nitrogens is 2. The monoisotopic (exact) mass is 456 g/mol. The third-order valence-corrected chi connectivity index (χ3v) is 6.44. The highest BCUT2D eigenvalue weighted by molar-refractivity contribution is 7.15. The molecule has 1 N–H and O–H groups in total. The topological polar surface area (TPSA) is 84.4 Å². The lowest BCUT2D eigenvalue weighted by Crippen LogP contribution is -2.24. The average molecular weight is 457 g/mol. The first-order valence-electron chi connectivity index (χ1n) is 9.89. The van der Waals surface area contributed by atoms with Crippen LogP contribution < -0.4 is 15.0 Å². The maximum Gasteiger partial charge on any atom is 0.261 e. The van der Waals surface area contributed by atoms with E-state index in [1.165, 1.54) is 11.3 Å². The summed E-state index contributed by atoms with van der Waals surface area (Å²) in [5.74, 6) is 0.119. The normalized spacial score (nSPS) is 15.9. The number of nitrogens with zero attached hydrogens (tertiary/aromatic N) is 3. The number of anilines is 2. The molecular weight excluding hydrogens is 436 g/mol. The van der Waals surface area contributed by atoms with E-state index in [-0.39, 0.29) is 17.7 Å². The van der Waals surface area contributed by atoms with Gasteiger partial charge in [0, 0.05) is 29.6 Å². The summed E-state index contributed by atoms with van der Waals surface area (Å²) in [5, 5.41) is 12.8. The Hall–Kier alpha value is -2.97. The Bertz CT molecular complexity index is 1130. The van der Waals surface area contributed by atoms with Crippen LogP contribution in [0.3, 0.4) is 0 Å². The lowest BCUT2D eigenvalue weighted by atomic mass is 10.1. The Labute approximate surface area is 189 Å². The van der Waals surface area contributed by atoms with Crippen LogP contribution in [0, 0.1) is 6.92 Å². The largest absolute Gasteiger partial charge is 0.493 e. The van der Waals surface area contributed by atoms with E-state index in [0.29, 0.717) is 46.0 Å². The van der Waals surface area contributed by atoms with Gasteiger partial charge in [-0.2, -0.15) is 0 Å². The number of benzene rings is 2. The van der Waals surface area contributed by atoms with Crippen LogP contribution in [0.25, 0.3) is 0 Å². The van der Waals surface area contributed by atoms with Gasteiger partial charge in [-0.3, -0.25) is 14.9 Å². The molecule has 0 radical (unpaired) electrons. The van der Waals surface area contributed by atoms with E-state index in [0.717, 1.165) is 11.3 Å².